The Kier molecular flexibility index (Phi) is 6.13. The Bertz CT molecular complexity index is 1050. The number of nitrogens with zero attached hydrogens (tertiary/aromatic N) is 1. The number of likely N-dealkylation sites (tertiary alicyclic amines) is 1. The van der Waals surface area contributed by atoms with Crippen LogP contribution in [0.4, 0.5) is 4.39 Å². The van der Waals surface area contributed by atoms with Gasteiger partial charge in [0.25, 0.3) is 0 Å². The van der Waals surface area contributed by atoms with Gasteiger partial charge in [-0.1, -0.05) is 36.4 Å². The van der Waals surface area contributed by atoms with Crippen LogP contribution in [-0.4, -0.2) is 50.3 Å². The lowest BCUT2D eigenvalue weighted by Gasteiger charge is -2.43. The molecule has 1 aliphatic carbocycles. The molecule has 3 heterocycles. The van der Waals surface area contributed by atoms with Gasteiger partial charge in [-0.25, -0.2) is 4.39 Å². The first-order chi connectivity index (χ1) is 17.1. The van der Waals surface area contributed by atoms with Crippen molar-refractivity contribution >= 4 is 5.91 Å². The summed E-state index contributed by atoms with van der Waals surface area (Å²) in [4.78, 5) is 15.4. The van der Waals surface area contributed by atoms with Gasteiger partial charge in [-0.2, -0.15) is 0 Å². The maximum atomic E-state index is 13.5. The number of hydrogen-bond donors (Lipinski definition) is 0. The predicted molar refractivity (Wildman–Crippen MR) is 126 cm³/mol. The molecule has 2 aromatic rings. The minimum Gasteiger partial charge on any atom is -0.343 e. The number of ether oxygens (including phenoxy) is 4. The van der Waals surface area contributed by atoms with E-state index in [2.05, 4.69) is 12.1 Å². The van der Waals surface area contributed by atoms with Crippen molar-refractivity contribution in [1.29, 1.82) is 0 Å². The van der Waals surface area contributed by atoms with Crippen LogP contribution in [0.3, 0.4) is 0 Å². The molecule has 6 nitrogen and oxygen atoms in total. The second-order valence-electron chi connectivity index (χ2n) is 9.99. The maximum Gasteiger partial charge on any atom is 0.223 e. The molecule has 0 radical (unpaired) electrons. The molecule has 0 saturated carbocycles. The molecule has 186 valence electrons. The van der Waals surface area contributed by atoms with Gasteiger partial charge < -0.3 is 23.8 Å². The number of fused-ring (bicyclic) bond motifs is 2. The Morgan fingerprint density at radius 1 is 0.857 bits per heavy atom. The number of benzene rings is 2. The number of aryl methyl sites for hydroxylation is 1. The van der Waals surface area contributed by atoms with Gasteiger partial charge in [0.1, 0.15) is 5.82 Å². The number of halogens is 1. The van der Waals surface area contributed by atoms with Crippen LogP contribution in [0.25, 0.3) is 0 Å². The Morgan fingerprint density at radius 3 is 2.17 bits per heavy atom. The monoisotopic (exact) mass is 481 g/mol. The summed E-state index contributed by atoms with van der Waals surface area (Å²) < 4.78 is 38.2. The molecule has 1 unspecified atom stereocenters. The van der Waals surface area contributed by atoms with Crippen LogP contribution in [-0.2, 0) is 41.7 Å². The molecule has 6 rings (SSSR count). The Hall–Kier alpha value is -2.32. The van der Waals surface area contributed by atoms with Crippen molar-refractivity contribution in [3.8, 4) is 0 Å². The topological polar surface area (TPSA) is 57.2 Å². The summed E-state index contributed by atoms with van der Waals surface area (Å²) in [6.07, 6.45) is 3.76. The van der Waals surface area contributed by atoms with Gasteiger partial charge in [-0.3, -0.25) is 4.79 Å². The number of hydrogen-bond acceptors (Lipinski definition) is 5. The van der Waals surface area contributed by atoms with E-state index < -0.39 is 11.6 Å². The highest BCUT2D eigenvalue weighted by Gasteiger charge is 2.51. The molecule has 0 aromatic heterocycles. The summed E-state index contributed by atoms with van der Waals surface area (Å²) in [5, 5.41) is 0. The van der Waals surface area contributed by atoms with Gasteiger partial charge in [0, 0.05) is 42.5 Å². The zero-order chi connectivity index (χ0) is 23.9. The quantitative estimate of drug-likeness (QED) is 0.658. The molecule has 0 bridgehead atoms. The summed E-state index contributed by atoms with van der Waals surface area (Å²) in [6, 6.07) is 14.7. The Balaban J connectivity index is 1.14. The summed E-state index contributed by atoms with van der Waals surface area (Å²) >= 11 is 0. The van der Waals surface area contributed by atoms with Crippen LogP contribution < -0.4 is 0 Å². The highest BCUT2D eigenvalue weighted by atomic mass is 19.1. The molecule has 3 aliphatic heterocycles. The zero-order valence-corrected chi connectivity index (χ0v) is 19.9. The van der Waals surface area contributed by atoms with Crippen LogP contribution >= 0.6 is 0 Å². The number of rotatable bonds is 4. The number of piperidine rings is 1. The maximum absolute atomic E-state index is 13.5. The molecule has 1 atom stereocenters. The minimum atomic E-state index is -0.856. The van der Waals surface area contributed by atoms with Crippen LogP contribution in [0.1, 0.15) is 42.4 Å². The number of carbonyl (C=O) groups excluding carboxylic acids is 1. The minimum absolute atomic E-state index is 0.00261. The summed E-state index contributed by atoms with van der Waals surface area (Å²) in [6.45, 7) is 3.43. The van der Waals surface area contributed by atoms with E-state index in [1.165, 1.54) is 17.7 Å². The van der Waals surface area contributed by atoms with Crippen LogP contribution in [0.2, 0.25) is 0 Å². The average Bonchev–Trinajstić information content (AvgIpc) is 3.58. The molecular formula is C28H32FNO5. The third-order valence-electron chi connectivity index (χ3n) is 8.18. The molecule has 35 heavy (non-hydrogen) atoms. The molecule has 3 fully saturated rings. The summed E-state index contributed by atoms with van der Waals surface area (Å²) in [5.74, 6) is -1.69. The van der Waals surface area contributed by atoms with Gasteiger partial charge in [0.05, 0.1) is 26.4 Å². The lowest BCUT2D eigenvalue weighted by molar-refractivity contribution is -0.218. The number of carbonyl (C=O) groups is 1. The third kappa shape index (κ3) is 3.99. The van der Waals surface area contributed by atoms with Crippen molar-refractivity contribution in [1.82, 2.24) is 4.90 Å². The first-order valence-corrected chi connectivity index (χ1v) is 12.8. The Morgan fingerprint density at radius 2 is 1.49 bits per heavy atom. The highest BCUT2D eigenvalue weighted by molar-refractivity contribution is 5.76. The third-order valence-corrected chi connectivity index (χ3v) is 8.18. The van der Waals surface area contributed by atoms with E-state index >= 15 is 0 Å². The zero-order valence-electron chi connectivity index (χ0n) is 19.9. The van der Waals surface area contributed by atoms with Crippen LogP contribution in [0.15, 0.2) is 48.5 Å². The largest absolute Gasteiger partial charge is 0.343 e. The molecule has 1 amide bonds. The molecule has 4 aliphatic rings. The molecule has 1 spiro atoms. The van der Waals surface area contributed by atoms with Crippen LogP contribution in [0.5, 0.6) is 0 Å². The van der Waals surface area contributed by atoms with Gasteiger partial charge >= 0.3 is 0 Å². The second-order valence-corrected chi connectivity index (χ2v) is 9.99. The Labute approximate surface area is 205 Å². The second kappa shape index (κ2) is 9.28. The van der Waals surface area contributed by atoms with E-state index in [-0.39, 0.29) is 23.6 Å². The first kappa shape index (κ1) is 23.1. The van der Waals surface area contributed by atoms with Crippen molar-refractivity contribution in [2.24, 2.45) is 11.8 Å². The van der Waals surface area contributed by atoms with Crippen molar-refractivity contribution in [3.05, 3.63) is 71.0 Å². The fraction of sp³-hybridized carbons (Fsp3) is 0.536. The lowest BCUT2D eigenvalue weighted by Crippen LogP contribution is -2.48. The lowest BCUT2D eigenvalue weighted by atomic mass is 9.76. The van der Waals surface area contributed by atoms with E-state index in [1.807, 2.05) is 17.0 Å². The SMILES string of the molecule is O=C(CC1CCc2ccccc2C12OCCO2)N1CCC(C2(c3ccc(F)cc3)OCCO2)CC1. The molecule has 7 heteroatoms. The first-order valence-electron chi connectivity index (χ1n) is 12.8. The molecule has 2 aromatic carbocycles. The average molecular weight is 482 g/mol. The van der Waals surface area contributed by atoms with E-state index in [9.17, 15) is 9.18 Å². The van der Waals surface area contributed by atoms with Gasteiger partial charge in [0.15, 0.2) is 11.6 Å². The molecule has 3 saturated heterocycles. The van der Waals surface area contributed by atoms with Crippen molar-refractivity contribution < 1.29 is 28.1 Å². The highest BCUT2D eigenvalue weighted by Crippen LogP contribution is 2.48. The van der Waals surface area contributed by atoms with E-state index in [4.69, 9.17) is 18.9 Å². The fourth-order valence-electron chi connectivity index (χ4n) is 6.47. The predicted octanol–water partition coefficient (Wildman–Crippen LogP) is 4.12. The van der Waals surface area contributed by atoms with Gasteiger partial charge in [0.2, 0.25) is 5.91 Å². The van der Waals surface area contributed by atoms with Gasteiger partial charge in [-0.05, 0) is 43.4 Å². The van der Waals surface area contributed by atoms with Gasteiger partial charge in [-0.15, -0.1) is 0 Å². The standard InChI is InChI=1S/C28H32FNO5/c29-24-9-7-21(8-10-24)27(32-15-16-33-27)22-11-13-30(14-12-22)26(31)19-23-6-5-20-3-1-2-4-25(20)28(23)34-17-18-35-28/h1-4,7-10,22-23H,5-6,11-19H2. The summed E-state index contributed by atoms with van der Waals surface area (Å²) in [5.41, 5.74) is 3.18. The normalized spacial score (nSPS) is 25.6. The van der Waals surface area contributed by atoms with Crippen molar-refractivity contribution in [2.45, 2.75) is 43.7 Å². The smallest absolute Gasteiger partial charge is 0.223 e. The van der Waals surface area contributed by atoms with Crippen LogP contribution in [0, 0.1) is 17.7 Å². The fourth-order valence-corrected chi connectivity index (χ4v) is 6.47. The van der Waals surface area contributed by atoms with E-state index in [1.54, 1.807) is 12.1 Å². The van der Waals surface area contributed by atoms with Crippen molar-refractivity contribution in [2.75, 3.05) is 39.5 Å². The van der Waals surface area contributed by atoms with Crippen molar-refractivity contribution in [3.63, 3.8) is 0 Å². The molecular weight excluding hydrogens is 449 g/mol. The number of amides is 1. The van der Waals surface area contributed by atoms with E-state index in [0.717, 1.165) is 36.8 Å². The summed E-state index contributed by atoms with van der Waals surface area (Å²) in [7, 11) is 0. The molecule has 0 N–H and O–H groups in total. The van der Waals surface area contributed by atoms with E-state index in [0.29, 0.717) is 45.9 Å².